The molecule has 9 heteroatoms. The summed E-state index contributed by atoms with van der Waals surface area (Å²) in [6, 6.07) is 3.76. The molecule has 0 aliphatic carbocycles. The molecule has 0 saturated carbocycles. The summed E-state index contributed by atoms with van der Waals surface area (Å²) in [7, 11) is 1.60. The predicted octanol–water partition coefficient (Wildman–Crippen LogP) is 2.64. The molecule has 0 aliphatic heterocycles. The number of halogens is 1. The van der Waals surface area contributed by atoms with Crippen molar-refractivity contribution in [2.45, 2.75) is 20.0 Å². The van der Waals surface area contributed by atoms with E-state index in [1.165, 1.54) is 0 Å². The molecule has 0 saturated heterocycles. The Kier molecular flexibility index (Phi) is 5.31. The first kappa shape index (κ1) is 15.5. The van der Waals surface area contributed by atoms with Gasteiger partial charge in [0.15, 0.2) is 11.5 Å². The number of nitrogens with one attached hydrogen (secondary N) is 1. The Morgan fingerprint density at radius 3 is 2.86 bits per heavy atom. The van der Waals surface area contributed by atoms with Crippen LogP contribution < -0.4 is 9.47 Å². The first-order valence-electron chi connectivity index (χ1n) is 6.12. The number of aromatic nitrogens is 4. The van der Waals surface area contributed by atoms with Gasteiger partial charge in [-0.25, -0.2) is 5.10 Å². The summed E-state index contributed by atoms with van der Waals surface area (Å²) in [5.41, 5.74) is 4.63. The van der Waals surface area contributed by atoms with Crippen molar-refractivity contribution in [2.75, 3.05) is 7.11 Å². The maximum atomic E-state index is 5.75. The van der Waals surface area contributed by atoms with Gasteiger partial charge in [0, 0.05) is 6.21 Å². The maximum Gasteiger partial charge on any atom is 0.174 e. The minimum absolute atomic E-state index is 0.0696. The predicted molar refractivity (Wildman–Crippen MR) is 86.3 cm³/mol. The molecule has 1 N–H and O–H groups in total. The molecule has 112 valence electrons. The Balaban J connectivity index is 2.17. The number of tetrazole rings is 1. The third-order valence-electron chi connectivity index (χ3n) is 2.29. The number of methoxy groups -OCH3 is 1. The van der Waals surface area contributed by atoms with Gasteiger partial charge >= 0.3 is 0 Å². The van der Waals surface area contributed by atoms with Crippen molar-refractivity contribution in [1.29, 1.82) is 0 Å². The van der Waals surface area contributed by atoms with Crippen molar-refractivity contribution in [3.63, 3.8) is 0 Å². The summed E-state index contributed by atoms with van der Waals surface area (Å²) < 4.78 is 12.0. The summed E-state index contributed by atoms with van der Waals surface area (Å²) in [6.45, 7) is 3.93. The van der Waals surface area contributed by atoms with Gasteiger partial charge in [-0.15, -0.1) is 5.21 Å². The van der Waals surface area contributed by atoms with Crippen LogP contribution in [-0.2, 0) is 0 Å². The smallest absolute Gasteiger partial charge is 0.174 e. The standard InChI is InChI=1S/C12H14IN6O2/c1-7(2)21-11-9(13)4-8(5-10(11)20-3)6-14-15-12-16-18-19-17-12/h4-7H,1-3H3,(H-,15,16,17,18,19)/q-1. The van der Waals surface area contributed by atoms with E-state index in [9.17, 15) is 0 Å². The third kappa shape index (κ3) is 4.28. The fourth-order valence-electron chi connectivity index (χ4n) is 1.51. The second kappa shape index (κ2) is 7.20. The van der Waals surface area contributed by atoms with Crippen molar-refractivity contribution < 1.29 is 9.47 Å². The van der Waals surface area contributed by atoms with Gasteiger partial charge in [-0.2, -0.15) is 0 Å². The molecule has 1 aromatic carbocycles. The number of H-pyrrole nitrogens is 1. The Bertz CT molecular complexity index is 614. The molecule has 0 bridgehead atoms. The van der Waals surface area contributed by atoms with Crippen LogP contribution in [-0.4, -0.2) is 40.1 Å². The first-order chi connectivity index (χ1) is 10.1. The average Bonchev–Trinajstić information content (AvgIpc) is 2.94. The van der Waals surface area contributed by atoms with Crippen LogP contribution in [0.5, 0.6) is 11.5 Å². The minimum atomic E-state index is 0.0696. The van der Waals surface area contributed by atoms with Crippen molar-refractivity contribution >= 4 is 34.8 Å². The highest BCUT2D eigenvalue weighted by Gasteiger charge is 2.12. The fraction of sp³-hybridized carbons (Fsp3) is 0.333. The van der Waals surface area contributed by atoms with E-state index in [2.05, 4.69) is 53.7 Å². The molecule has 1 aromatic heterocycles. The number of nitrogens with zero attached hydrogens (tertiary/aromatic N) is 5. The van der Waals surface area contributed by atoms with Crippen LogP contribution in [0, 0.1) is 3.57 Å². The molecule has 8 nitrogen and oxygen atoms in total. The van der Waals surface area contributed by atoms with E-state index in [1.807, 2.05) is 26.0 Å². The average molecular weight is 401 g/mol. The molecule has 0 amide bonds. The monoisotopic (exact) mass is 401 g/mol. The molecular formula is C12H14IN6O2-. The van der Waals surface area contributed by atoms with Gasteiger partial charge in [-0.3, -0.25) is 20.8 Å². The SMILES string of the molecule is COc1cc(C=N[N-]c2nn[nH]n2)cc(I)c1OC(C)C. The highest BCUT2D eigenvalue weighted by Crippen LogP contribution is 2.34. The number of hydrogen-bond donors (Lipinski definition) is 1. The molecule has 0 radical (unpaired) electrons. The van der Waals surface area contributed by atoms with Gasteiger partial charge in [-0.05, 0) is 54.1 Å². The van der Waals surface area contributed by atoms with E-state index in [4.69, 9.17) is 9.47 Å². The van der Waals surface area contributed by atoms with E-state index in [1.54, 1.807) is 13.3 Å². The van der Waals surface area contributed by atoms with Crippen LogP contribution in [0.15, 0.2) is 17.2 Å². The van der Waals surface area contributed by atoms with Crippen molar-refractivity contribution in [1.82, 2.24) is 20.6 Å². The zero-order chi connectivity index (χ0) is 15.2. The molecule has 0 unspecified atom stereocenters. The lowest BCUT2D eigenvalue weighted by Crippen LogP contribution is -2.08. The normalized spacial score (nSPS) is 11.1. The molecule has 0 spiro atoms. The lowest BCUT2D eigenvalue weighted by Gasteiger charge is -2.15. The van der Waals surface area contributed by atoms with Crippen LogP contribution in [0.1, 0.15) is 19.4 Å². The van der Waals surface area contributed by atoms with Crippen LogP contribution in [0.4, 0.5) is 5.95 Å². The highest BCUT2D eigenvalue weighted by molar-refractivity contribution is 14.1. The van der Waals surface area contributed by atoms with Crippen LogP contribution >= 0.6 is 22.6 Å². The topological polar surface area (TPSA) is 99.4 Å². The number of aromatic amines is 1. The molecular weight excluding hydrogens is 387 g/mol. The zero-order valence-electron chi connectivity index (χ0n) is 11.7. The number of benzene rings is 1. The molecule has 0 fully saturated rings. The fourth-order valence-corrected chi connectivity index (χ4v) is 2.26. The number of rotatable bonds is 6. The van der Waals surface area contributed by atoms with E-state index in [0.717, 1.165) is 14.9 Å². The first-order valence-corrected chi connectivity index (χ1v) is 7.19. The summed E-state index contributed by atoms with van der Waals surface area (Å²) in [5, 5.41) is 16.9. The van der Waals surface area contributed by atoms with Gasteiger partial charge in [0.05, 0.1) is 22.7 Å². The van der Waals surface area contributed by atoms with E-state index < -0.39 is 0 Å². The largest absolute Gasteiger partial charge is 0.493 e. The minimum Gasteiger partial charge on any atom is -0.493 e. The van der Waals surface area contributed by atoms with Gasteiger partial charge in [0.25, 0.3) is 0 Å². The molecule has 0 aliphatic rings. The summed E-state index contributed by atoms with van der Waals surface area (Å²) in [4.78, 5) is 0. The maximum absolute atomic E-state index is 5.75. The summed E-state index contributed by atoms with van der Waals surface area (Å²) in [5.74, 6) is 1.55. The summed E-state index contributed by atoms with van der Waals surface area (Å²) in [6.07, 6.45) is 1.65. The quantitative estimate of drug-likeness (QED) is 0.456. The van der Waals surface area contributed by atoms with Gasteiger partial charge in [-0.1, -0.05) is 0 Å². The Morgan fingerprint density at radius 2 is 2.24 bits per heavy atom. The zero-order valence-corrected chi connectivity index (χ0v) is 13.9. The molecule has 1 heterocycles. The second-order valence-corrected chi connectivity index (χ2v) is 5.42. The van der Waals surface area contributed by atoms with Crippen molar-refractivity contribution in [2.24, 2.45) is 5.10 Å². The molecule has 21 heavy (non-hydrogen) atoms. The van der Waals surface area contributed by atoms with Gasteiger partial charge in [0.1, 0.15) is 0 Å². The molecule has 2 aromatic rings. The van der Waals surface area contributed by atoms with E-state index in [0.29, 0.717) is 5.75 Å². The van der Waals surface area contributed by atoms with Gasteiger partial charge in [0.2, 0.25) is 0 Å². The van der Waals surface area contributed by atoms with E-state index in [-0.39, 0.29) is 12.1 Å². The summed E-state index contributed by atoms with van der Waals surface area (Å²) >= 11 is 2.19. The lowest BCUT2D eigenvalue weighted by molar-refractivity contribution is 0.228. The Morgan fingerprint density at radius 1 is 1.43 bits per heavy atom. The van der Waals surface area contributed by atoms with Crippen LogP contribution in [0.3, 0.4) is 0 Å². The molecule has 2 rings (SSSR count). The van der Waals surface area contributed by atoms with Crippen molar-refractivity contribution in [3.8, 4) is 11.5 Å². The number of hydrogen-bond acceptors (Lipinski definition) is 6. The van der Waals surface area contributed by atoms with Crippen LogP contribution in [0.25, 0.3) is 5.43 Å². The van der Waals surface area contributed by atoms with Crippen molar-refractivity contribution in [3.05, 3.63) is 26.7 Å². The second-order valence-electron chi connectivity index (χ2n) is 4.26. The molecule has 0 atom stereocenters. The van der Waals surface area contributed by atoms with E-state index >= 15 is 0 Å². The van der Waals surface area contributed by atoms with Gasteiger partial charge < -0.3 is 9.47 Å². The Hall–Kier alpha value is -1.91. The highest BCUT2D eigenvalue weighted by atomic mass is 127. The third-order valence-corrected chi connectivity index (χ3v) is 3.09. The lowest BCUT2D eigenvalue weighted by atomic mass is 10.2. The number of ether oxygens (including phenoxy) is 2. The Labute approximate surface area is 135 Å². The van der Waals surface area contributed by atoms with Crippen LogP contribution in [0.2, 0.25) is 0 Å².